The summed E-state index contributed by atoms with van der Waals surface area (Å²) in [6.45, 7) is 5.97. The summed E-state index contributed by atoms with van der Waals surface area (Å²) in [6, 6.07) is 19.4. The van der Waals surface area contributed by atoms with E-state index in [0.29, 0.717) is 28.4 Å². The number of benzene rings is 3. The van der Waals surface area contributed by atoms with Crippen LogP contribution in [-0.4, -0.2) is 31.8 Å². The average molecular weight is 461 g/mol. The van der Waals surface area contributed by atoms with Crippen LogP contribution in [0.15, 0.2) is 71.8 Å². The molecule has 0 saturated heterocycles. The molecule has 0 aliphatic rings. The first-order valence-electron chi connectivity index (χ1n) is 10.9. The Labute approximate surface area is 199 Å². The van der Waals surface area contributed by atoms with Gasteiger partial charge in [0.1, 0.15) is 17.2 Å². The third-order valence-electron chi connectivity index (χ3n) is 4.95. The summed E-state index contributed by atoms with van der Waals surface area (Å²) in [4.78, 5) is 24.5. The highest BCUT2D eigenvalue weighted by Crippen LogP contribution is 2.27. The molecular weight excluding hydrogens is 432 g/mol. The lowest BCUT2D eigenvalue weighted by Crippen LogP contribution is -2.25. The van der Waals surface area contributed by atoms with Crippen molar-refractivity contribution < 1.29 is 23.8 Å². The molecule has 3 aromatic carbocycles. The number of rotatable bonds is 9. The van der Waals surface area contributed by atoms with Crippen molar-refractivity contribution in [3.8, 4) is 17.2 Å². The summed E-state index contributed by atoms with van der Waals surface area (Å²) in [5, 5.41) is 3.97. The molecule has 0 radical (unpaired) electrons. The minimum Gasteiger partial charge on any atom is -0.497 e. The average Bonchev–Trinajstić information content (AvgIpc) is 2.83. The Bertz CT molecular complexity index is 1170. The summed E-state index contributed by atoms with van der Waals surface area (Å²) >= 11 is 0. The number of esters is 1. The fourth-order valence-electron chi connectivity index (χ4n) is 3.15. The molecular formula is C27H28N2O5. The molecule has 1 amide bonds. The second-order valence-corrected chi connectivity index (χ2v) is 7.97. The van der Waals surface area contributed by atoms with E-state index in [9.17, 15) is 9.59 Å². The Hall–Kier alpha value is -4.13. The van der Waals surface area contributed by atoms with Crippen LogP contribution in [0.4, 0.5) is 0 Å². The monoisotopic (exact) mass is 460 g/mol. The maximum atomic E-state index is 12.3. The van der Waals surface area contributed by atoms with Crippen molar-refractivity contribution in [2.45, 2.75) is 26.7 Å². The van der Waals surface area contributed by atoms with Gasteiger partial charge in [-0.15, -0.1) is 0 Å². The first kappa shape index (κ1) is 24.5. The maximum absolute atomic E-state index is 12.3. The highest BCUT2D eigenvalue weighted by molar-refractivity contribution is 5.91. The molecule has 3 aromatic rings. The zero-order chi connectivity index (χ0) is 24.5. The van der Waals surface area contributed by atoms with Gasteiger partial charge in [-0.2, -0.15) is 5.10 Å². The van der Waals surface area contributed by atoms with Crippen molar-refractivity contribution in [1.29, 1.82) is 0 Å². The summed E-state index contributed by atoms with van der Waals surface area (Å²) in [5.74, 6) is 1.12. The van der Waals surface area contributed by atoms with Crippen molar-refractivity contribution in [2.24, 2.45) is 5.10 Å². The molecule has 0 fully saturated rings. The molecule has 0 bridgehead atoms. The van der Waals surface area contributed by atoms with E-state index in [2.05, 4.69) is 24.4 Å². The largest absolute Gasteiger partial charge is 0.497 e. The molecule has 3 rings (SSSR count). The van der Waals surface area contributed by atoms with Gasteiger partial charge in [-0.25, -0.2) is 10.2 Å². The number of carbonyl (C=O) groups excluding carboxylic acids is 2. The van der Waals surface area contributed by atoms with Crippen LogP contribution in [0.1, 0.15) is 46.8 Å². The van der Waals surface area contributed by atoms with Crippen LogP contribution in [0.5, 0.6) is 17.2 Å². The lowest BCUT2D eigenvalue weighted by atomic mass is 10.0. The molecule has 0 saturated carbocycles. The van der Waals surface area contributed by atoms with E-state index in [4.69, 9.17) is 14.2 Å². The molecule has 1 N–H and O–H groups in total. The number of hydrazone groups is 1. The third kappa shape index (κ3) is 6.93. The zero-order valence-corrected chi connectivity index (χ0v) is 19.7. The first-order chi connectivity index (χ1) is 16.4. The molecule has 0 heterocycles. The van der Waals surface area contributed by atoms with Crippen LogP contribution < -0.4 is 19.6 Å². The predicted molar refractivity (Wildman–Crippen MR) is 131 cm³/mol. The molecule has 0 spiro atoms. The smallest absolute Gasteiger partial charge is 0.343 e. The van der Waals surface area contributed by atoms with Gasteiger partial charge in [0.25, 0.3) is 5.91 Å². The molecule has 34 heavy (non-hydrogen) atoms. The van der Waals surface area contributed by atoms with E-state index in [1.165, 1.54) is 6.21 Å². The second kappa shape index (κ2) is 11.7. The van der Waals surface area contributed by atoms with Crippen LogP contribution in [0.3, 0.4) is 0 Å². The van der Waals surface area contributed by atoms with Crippen LogP contribution in [0, 0.1) is 6.92 Å². The molecule has 0 unspecified atom stereocenters. The van der Waals surface area contributed by atoms with E-state index < -0.39 is 5.97 Å². The number of ether oxygens (including phenoxy) is 3. The molecule has 176 valence electrons. The van der Waals surface area contributed by atoms with Gasteiger partial charge in [-0.05, 0) is 72.0 Å². The van der Waals surface area contributed by atoms with Gasteiger partial charge in [0, 0.05) is 0 Å². The normalized spacial score (nSPS) is 10.9. The number of methoxy groups -OCH3 is 1. The van der Waals surface area contributed by atoms with Gasteiger partial charge < -0.3 is 14.2 Å². The van der Waals surface area contributed by atoms with Crippen molar-refractivity contribution in [3.63, 3.8) is 0 Å². The quantitative estimate of drug-likeness (QED) is 0.213. The number of hydrogen-bond acceptors (Lipinski definition) is 6. The third-order valence-corrected chi connectivity index (χ3v) is 4.95. The standard InChI is InChI=1S/C27H28N2O5/c1-18(2)24-13-8-19(3)14-25(24)33-17-26(30)29-28-16-20-6-5-7-23(15-20)34-27(31)21-9-11-22(32-4)12-10-21/h5-16,18H,17H2,1-4H3,(H,29,30)/b28-16+. The van der Waals surface area contributed by atoms with E-state index >= 15 is 0 Å². The number of aryl methyl sites for hydroxylation is 1. The number of nitrogens with one attached hydrogen (secondary N) is 1. The maximum Gasteiger partial charge on any atom is 0.343 e. The molecule has 0 aliphatic carbocycles. The van der Waals surface area contributed by atoms with Crippen LogP contribution in [0.2, 0.25) is 0 Å². The SMILES string of the molecule is COc1ccc(C(=O)Oc2cccc(/C=N/NC(=O)COc3cc(C)ccc3C(C)C)c2)cc1. The lowest BCUT2D eigenvalue weighted by molar-refractivity contribution is -0.123. The number of carbonyl (C=O) groups is 2. The zero-order valence-electron chi connectivity index (χ0n) is 19.7. The number of amides is 1. The van der Waals surface area contributed by atoms with E-state index in [0.717, 1.165) is 11.1 Å². The topological polar surface area (TPSA) is 86.2 Å². The Morgan fingerprint density at radius 1 is 1.00 bits per heavy atom. The molecule has 7 nitrogen and oxygen atoms in total. The van der Waals surface area contributed by atoms with Crippen LogP contribution in [-0.2, 0) is 4.79 Å². The summed E-state index contributed by atoms with van der Waals surface area (Å²) in [5.41, 5.74) is 5.61. The van der Waals surface area contributed by atoms with Crippen molar-refractivity contribution in [1.82, 2.24) is 5.43 Å². The Kier molecular flexibility index (Phi) is 8.40. The van der Waals surface area contributed by atoms with Gasteiger partial charge in [-0.1, -0.05) is 38.1 Å². The lowest BCUT2D eigenvalue weighted by Gasteiger charge is -2.14. The van der Waals surface area contributed by atoms with Crippen LogP contribution >= 0.6 is 0 Å². The summed E-state index contributed by atoms with van der Waals surface area (Å²) < 4.78 is 16.2. The Morgan fingerprint density at radius 2 is 1.76 bits per heavy atom. The molecule has 0 aromatic heterocycles. The highest BCUT2D eigenvalue weighted by Gasteiger charge is 2.11. The van der Waals surface area contributed by atoms with Crippen LogP contribution in [0.25, 0.3) is 0 Å². The van der Waals surface area contributed by atoms with Gasteiger partial charge >= 0.3 is 5.97 Å². The van der Waals surface area contributed by atoms with E-state index in [1.807, 2.05) is 25.1 Å². The van der Waals surface area contributed by atoms with Crippen molar-refractivity contribution in [2.75, 3.05) is 13.7 Å². The van der Waals surface area contributed by atoms with Gasteiger partial charge in [0.2, 0.25) is 0 Å². The highest BCUT2D eigenvalue weighted by atomic mass is 16.5. The fraction of sp³-hybridized carbons (Fsp3) is 0.222. The van der Waals surface area contributed by atoms with Crippen molar-refractivity contribution >= 4 is 18.1 Å². The minimum absolute atomic E-state index is 0.153. The first-order valence-corrected chi connectivity index (χ1v) is 10.9. The fourth-order valence-corrected chi connectivity index (χ4v) is 3.15. The molecule has 7 heteroatoms. The van der Waals surface area contributed by atoms with Gasteiger partial charge in [-0.3, -0.25) is 4.79 Å². The van der Waals surface area contributed by atoms with Gasteiger partial charge in [0.15, 0.2) is 6.61 Å². The van der Waals surface area contributed by atoms with Crippen molar-refractivity contribution in [3.05, 3.63) is 89.0 Å². The Morgan fingerprint density at radius 3 is 2.47 bits per heavy atom. The predicted octanol–water partition coefficient (Wildman–Crippen LogP) is 4.88. The number of nitrogens with zero attached hydrogens (tertiary/aromatic N) is 1. The summed E-state index contributed by atoms with van der Waals surface area (Å²) in [6.07, 6.45) is 1.47. The van der Waals surface area contributed by atoms with Gasteiger partial charge in [0.05, 0.1) is 18.9 Å². The van der Waals surface area contributed by atoms with E-state index in [-0.39, 0.29) is 18.4 Å². The summed E-state index contributed by atoms with van der Waals surface area (Å²) in [7, 11) is 1.56. The minimum atomic E-state index is -0.487. The second-order valence-electron chi connectivity index (χ2n) is 7.97. The van der Waals surface area contributed by atoms with E-state index in [1.54, 1.807) is 55.6 Å². The number of hydrogen-bond donors (Lipinski definition) is 1. The molecule has 0 aliphatic heterocycles. The Balaban J connectivity index is 1.54. The molecule has 0 atom stereocenters.